The molecule has 3 aromatic heterocycles. The number of H-pyrrole nitrogens is 1. The van der Waals surface area contributed by atoms with Crippen LogP contribution in [0.15, 0.2) is 18.6 Å². The molecule has 0 aliphatic rings. The van der Waals surface area contributed by atoms with Crippen LogP contribution in [-0.4, -0.2) is 24.5 Å². The molecule has 0 saturated heterocycles. The van der Waals surface area contributed by atoms with Crippen LogP contribution >= 0.6 is 22.9 Å². The molecular formula is C13H19N5S2. The number of thiazole rings is 1. The number of aromatic nitrogens is 5. The van der Waals surface area contributed by atoms with Gasteiger partial charge in [0.05, 0.1) is 10.7 Å². The second-order valence-electron chi connectivity index (χ2n) is 4.14. The van der Waals surface area contributed by atoms with E-state index in [2.05, 4.69) is 31.5 Å². The second-order valence-corrected chi connectivity index (χ2v) is 6.57. The van der Waals surface area contributed by atoms with Gasteiger partial charge in [-0.25, -0.2) is 9.97 Å². The molecule has 108 valence electrons. The molecule has 7 heteroatoms. The van der Waals surface area contributed by atoms with Crippen molar-refractivity contribution >= 4 is 22.9 Å². The van der Waals surface area contributed by atoms with Crippen LogP contribution in [0.5, 0.6) is 0 Å². The molecule has 0 aromatic carbocycles. The molecule has 1 N–H and O–H groups in total. The van der Waals surface area contributed by atoms with Gasteiger partial charge in [-0.15, -0.1) is 11.3 Å². The highest BCUT2D eigenvalue weighted by Crippen LogP contribution is 2.07. The molecule has 0 atom stereocenters. The zero-order chi connectivity index (χ0) is 15.0. The zero-order valence-electron chi connectivity index (χ0n) is 12.3. The maximum atomic E-state index is 4.03. The van der Waals surface area contributed by atoms with Crippen LogP contribution in [-0.2, 0) is 0 Å². The first-order chi connectivity index (χ1) is 9.47. The van der Waals surface area contributed by atoms with Crippen molar-refractivity contribution in [1.82, 2.24) is 24.5 Å². The Kier molecular flexibility index (Phi) is 7.03. The standard InChI is InChI=1S/C5H8N2.C5H7NS.C3H4N2S/c1-4-3-5(2)7-6-4;1-4-3-6-5(2)7-4;1-3-4-2-5-6-3/h3H,1-2H3,(H,6,7);3H,1-2H3;2H,1H3. The van der Waals surface area contributed by atoms with Gasteiger partial charge >= 0.3 is 0 Å². The molecule has 0 amide bonds. The van der Waals surface area contributed by atoms with Gasteiger partial charge in [-0.3, -0.25) is 5.10 Å². The summed E-state index contributed by atoms with van der Waals surface area (Å²) in [5.41, 5.74) is 2.18. The Morgan fingerprint density at radius 2 is 1.75 bits per heavy atom. The molecule has 0 saturated carbocycles. The lowest BCUT2D eigenvalue weighted by Crippen LogP contribution is -1.68. The summed E-state index contributed by atoms with van der Waals surface area (Å²) in [7, 11) is 0. The van der Waals surface area contributed by atoms with E-state index >= 15 is 0 Å². The van der Waals surface area contributed by atoms with Crippen LogP contribution in [0.2, 0.25) is 0 Å². The first-order valence-corrected chi connectivity index (χ1v) is 7.67. The van der Waals surface area contributed by atoms with Gasteiger partial charge in [-0.1, -0.05) is 0 Å². The van der Waals surface area contributed by atoms with Gasteiger partial charge in [-0.2, -0.15) is 9.47 Å². The topological polar surface area (TPSA) is 67.3 Å². The van der Waals surface area contributed by atoms with E-state index < -0.39 is 0 Å². The molecule has 3 heterocycles. The fraction of sp³-hybridized carbons (Fsp3) is 0.385. The average Bonchev–Trinajstić information content (AvgIpc) is 3.07. The van der Waals surface area contributed by atoms with Crippen molar-refractivity contribution in [2.24, 2.45) is 0 Å². The molecule has 5 nitrogen and oxygen atoms in total. The van der Waals surface area contributed by atoms with E-state index in [1.165, 1.54) is 16.4 Å². The first-order valence-electron chi connectivity index (χ1n) is 6.08. The third-order valence-electron chi connectivity index (χ3n) is 2.04. The van der Waals surface area contributed by atoms with Gasteiger partial charge in [0.2, 0.25) is 0 Å². The summed E-state index contributed by atoms with van der Waals surface area (Å²) in [5, 5.41) is 8.88. The van der Waals surface area contributed by atoms with Crippen LogP contribution in [0.3, 0.4) is 0 Å². The maximum absolute atomic E-state index is 4.03. The Morgan fingerprint density at radius 1 is 1.00 bits per heavy atom. The highest BCUT2D eigenvalue weighted by molar-refractivity contribution is 7.11. The average molecular weight is 309 g/mol. The minimum Gasteiger partial charge on any atom is -0.283 e. The highest BCUT2D eigenvalue weighted by atomic mass is 32.1. The molecule has 3 aromatic rings. The van der Waals surface area contributed by atoms with Crippen LogP contribution in [0.25, 0.3) is 0 Å². The van der Waals surface area contributed by atoms with E-state index in [4.69, 9.17) is 0 Å². The lowest BCUT2D eigenvalue weighted by atomic mass is 10.4. The van der Waals surface area contributed by atoms with Crippen molar-refractivity contribution in [3.8, 4) is 0 Å². The fourth-order valence-electron chi connectivity index (χ4n) is 1.25. The van der Waals surface area contributed by atoms with Crippen LogP contribution < -0.4 is 0 Å². The summed E-state index contributed by atoms with van der Waals surface area (Å²) >= 11 is 3.15. The van der Waals surface area contributed by atoms with E-state index in [1.807, 2.05) is 40.0 Å². The fourth-order valence-corrected chi connectivity index (χ4v) is 2.27. The third-order valence-corrected chi connectivity index (χ3v) is 3.44. The number of hydrogen-bond donors (Lipinski definition) is 1. The smallest absolute Gasteiger partial charge is 0.129 e. The Morgan fingerprint density at radius 3 is 1.90 bits per heavy atom. The lowest BCUT2D eigenvalue weighted by Gasteiger charge is -1.68. The number of nitrogens with zero attached hydrogens (tertiary/aromatic N) is 4. The summed E-state index contributed by atoms with van der Waals surface area (Å²) < 4.78 is 3.75. The molecule has 0 bridgehead atoms. The number of nitrogens with one attached hydrogen (secondary N) is 1. The highest BCUT2D eigenvalue weighted by Gasteiger charge is 1.86. The monoisotopic (exact) mass is 309 g/mol. The second kappa shape index (κ2) is 8.55. The van der Waals surface area contributed by atoms with E-state index in [0.717, 1.165) is 21.4 Å². The molecule has 0 radical (unpaired) electrons. The molecule has 0 aliphatic heterocycles. The Hall–Kier alpha value is -1.60. The van der Waals surface area contributed by atoms with E-state index in [0.29, 0.717) is 0 Å². The zero-order valence-corrected chi connectivity index (χ0v) is 14.0. The van der Waals surface area contributed by atoms with Crippen molar-refractivity contribution in [2.45, 2.75) is 34.6 Å². The van der Waals surface area contributed by atoms with Gasteiger partial charge in [0, 0.05) is 16.8 Å². The Labute approximate surface area is 127 Å². The number of hydrogen-bond acceptors (Lipinski definition) is 6. The number of rotatable bonds is 0. The van der Waals surface area contributed by atoms with E-state index in [1.54, 1.807) is 17.7 Å². The Bertz CT molecular complexity index is 527. The van der Waals surface area contributed by atoms with Crippen LogP contribution in [0.1, 0.15) is 26.3 Å². The van der Waals surface area contributed by atoms with E-state index in [-0.39, 0.29) is 0 Å². The summed E-state index contributed by atoms with van der Waals surface area (Å²) in [4.78, 5) is 9.15. The van der Waals surface area contributed by atoms with Crippen molar-refractivity contribution in [2.75, 3.05) is 0 Å². The predicted molar refractivity (Wildman–Crippen MR) is 84.3 cm³/mol. The van der Waals surface area contributed by atoms with Crippen LogP contribution in [0, 0.1) is 34.6 Å². The van der Waals surface area contributed by atoms with Gasteiger partial charge in [0.25, 0.3) is 0 Å². The quantitative estimate of drug-likeness (QED) is 0.688. The minimum absolute atomic E-state index is 1.02. The molecule has 20 heavy (non-hydrogen) atoms. The summed E-state index contributed by atoms with van der Waals surface area (Å²) in [6.45, 7) is 9.95. The van der Waals surface area contributed by atoms with Gasteiger partial charge in [0.15, 0.2) is 0 Å². The lowest BCUT2D eigenvalue weighted by molar-refractivity contribution is 1.02. The first kappa shape index (κ1) is 16.5. The normalized spacial score (nSPS) is 9.25. The van der Waals surface area contributed by atoms with Gasteiger partial charge in [0.1, 0.15) is 11.3 Å². The van der Waals surface area contributed by atoms with Gasteiger partial charge < -0.3 is 0 Å². The third kappa shape index (κ3) is 7.10. The Balaban J connectivity index is 0.000000151. The maximum Gasteiger partial charge on any atom is 0.129 e. The number of aromatic amines is 1. The SMILES string of the molecule is Cc1cc(C)[nH]n1.Cc1cnc(C)s1.Cc1ncns1. The van der Waals surface area contributed by atoms with Crippen LogP contribution in [0.4, 0.5) is 0 Å². The predicted octanol–water partition coefficient (Wildman–Crippen LogP) is 3.63. The summed E-state index contributed by atoms with van der Waals surface area (Å²) in [6, 6.07) is 2.00. The molecular weight excluding hydrogens is 290 g/mol. The molecule has 0 fully saturated rings. The molecule has 0 spiro atoms. The van der Waals surface area contributed by atoms with Gasteiger partial charge in [-0.05, 0) is 52.2 Å². The number of aryl methyl sites for hydroxylation is 5. The molecule has 3 rings (SSSR count). The largest absolute Gasteiger partial charge is 0.283 e. The van der Waals surface area contributed by atoms with Crippen molar-refractivity contribution in [3.05, 3.63) is 44.9 Å². The van der Waals surface area contributed by atoms with Crippen molar-refractivity contribution < 1.29 is 0 Å². The summed E-state index contributed by atoms with van der Waals surface area (Å²) in [6.07, 6.45) is 3.44. The molecule has 0 unspecified atom stereocenters. The van der Waals surface area contributed by atoms with E-state index in [9.17, 15) is 0 Å². The van der Waals surface area contributed by atoms with Crippen molar-refractivity contribution in [1.29, 1.82) is 0 Å². The van der Waals surface area contributed by atoms with Crippen molar-refractivity contribution in [3.63, 3.8) is 0 Å². The molecule has 0 aliphatic carbocycles. The summed E-state index contributed by atoms with van der Waals surface area (Å²) in [5.74, 6) is 0. The minimum atomic E-state index is 1.02.